The fourth-order valence-electron chi connectivity index (χ4n) is 6.02. The molecule has 1 amide bonds. The topological polar surface area (TPSA) is 105 Å². The Morgan fingerprint density at radius 1 is 1.16 bits per heavy atom. The summed E-state index contributed by atoms with van der Waals surface area (Å²) in [7, 11) is 1.40. The van der Waals surface area contributed by atoms with Crippen LogP contribution in [-0.4, -0.2) is 57.0 Å². The molecule has 1 fully saturated rings. The van der Waals surface area contributed by atoms with Crippen LogP contribution in [0.25, 0.3) is 11.0 Å². The van der Waals surface area contributed by atoms with Gasteiger partial charge in [0.25, 0.3) is 0 Å². The number of aromatic nitrogens is 2. The highest BCUT2D eigenvalue weighted by Crippen LogP contribution is 2.44. The van der Waals surface area contributed by atoms with Crippen molar-refractivity contribution in [1.29, 1.82) is 0 Å². The summed E-state index contributed by atoms with van der Waals surface area (Å²) in [5.41, 5.74) is 4.42. The summed E-state index contributed by atoms with van der Waals surface area (Å²) in [5, 5.41) is 20.3. The van der Waals surface area contributed by atoms with Crippen molar-refractivity contribution in [2.75, 3.05) is 20.3 Å². The summed E-state index contributed by atoms with van der Waals surface area (Å²) in [6, 6.07) is 14.1. The molecular weight excluding hydrogens is 470 g/mol. The number of benzene rings is 2. The van der Waals surface area contributed by atoms with E-state index in [1.165, 1.54) is 12.7 Å². The Morgan fingerprint density at radius 2 is 1.89 bits per heavy atom. The van der Waals surface area contributed by atoms with E-state index in [0.717, 1.165) is 47.2 Å². The van der Waals surface area contributed by atoms with Gasteiger partial charge in [0.2, 0.25) is 0 Å². The Morgan fingerprint density at radius 3 is 2.54 bits per heavy atom. The van der Waals surface area contributed by atoms with E-state index in [9.17, 15) is 19.8 Å². The zero-order valence-electron chi connectivity index (χ0n) is 21.5. The van der Waals surface area contributed by atoms with Crippen molar-refractivity contribution >= 4 is 23.1 Å². The molecule has 1 aliphatic carbocycles. The van der Waals surface area contributed by atoms with Crippen LogP contribution in [0.15, 0.2) is 42.5 Å². The van der Waals surface area contributed by atoms with Crippen LogP contribution in [0.1, 0.15) is 67.1 Å². The van der Waals surface area contributed by atoms with Crippen LogP contribution in [0.4, 0.5) is 4.79 Å². The number of rotatable bonds is 6. The fourth-order valence-corrected chi connectivity index (χ4v) is 6.02. The first-order valence-electron chi connectivity index (χ1n) is 13.1. The normalized spacial score (nSPS) is 22.5. The van der Waals surface area contributed by atoms with E-state index in [-0.39, 0.29) is 24.7 Å². The number of ether oxygens (including phenoxy) is 1. The van der Waals surface area contributed by atoms with Crippen LogP contribution in [0.5, 0.6) is 0 Å². The predicted octanol–water partition coefficient (Wildman–Crippen LogP) is 4.69. The summed E-state index contributed by atoms with van der Waals surface area (Å²) in [6.45, 7) is 2.82. The number of carboxylic acid groups (broad SMARTS) is 1. The van der Waals surface area contributed by atoms with Gasteiger partial charge in [-0.15, -0.1) is 0 Å². The largest absolute Gasteiger partial charge is 0.481 e. The standard InChI is InChI=1S/C29H35N3O5/c1-29(27(34)35)13-10-21(11-14-29)26-30-25-23-17-31(28(36)37-2)15-12-20(23)8-9-24(25)32(26)22(18-33)16-19-6-4-3-5-7-19/h3-9,21-22,33H,10-18H2,1-2H3,(H,34,35)/t21-,22-,29-/m1/s1. The van der Waals surface area contributed by atoms with Crippen LogP contribution in [0.2, 0.25) is 0 Å². The second kappa shape index (κ2) is 10.2. The van der Waals surface area contributed by atoms with Gasteiger partial charge in [-0.1, -0.05) is 36.4 Å². The van der Waals surface area contributed by atoms with Gasteiger partial charge in [-0.25, -0.2) is 9.78 Å². The Kier molecular flexibility index (Phi) is 6.94. The molecule has 3 aromatic rings. The van der Waals surface area contributed by atoms with E-state index in [4.69, 9.17) is 9.72 Å². The Labute approximate surface area is 216 Å². The second-order valence-corrected chi connectivity index (χ2v) is 10.7. The zero-order valence-corrected chi connectivity index (χ0v) is 21.5. The lowest BCUT2D eigenvalue weighted by atomic mass is 9.71. The van der Waals surface area contributed by atoms with Gasteiger partial charge >= 0.3 is 12.1 Å². The minimum Gasteiger partial charge on any atom is -0.481 e. The van der Waals surface area contributed by atoms with Crippen molar-refractivity contribution in [3.8, 4) is 0 Å². The van der Waals surface area contributed by atoms with E-state index in [2.05, 4.69) is 28.8 Å². The summed E-state index contributed by atoms with van der Waals surface area (Å²) < 4.78 is 7.17. The number of fused-ring (bicyclic) bond motifs is 3. The van der Waals surface area contributed by atoms with E-state index in [0.29, 0.717) is 32.4 Å². The maximum absolute atomic E-state index is 12.3. The van der Waals surface area contributed by atoms with E-state index >= 15 is 0 Å². The van der Waals surface area contributed by atoms with E-state index in [1.54, 1.807) is 4.90 Å². The molecule has 1 aliphatic heterocycles. The molecule has 0 spiro atoms. The van der Waals surface area contributed by atoms with Crippen molar-refractivity contribution in [3.63, 3.8) is 0 Å². The molecule has 1 atom stereocenters. The number of imidazole rings is 1. The number of hydrogen-bond donors (Lipinski definition) is 2. The number of amides is 1. The van der Waals surface area contributed by atoms with Gasteiger partial charge in [0.05, 0.1) is 42.8 Å². The molecule has 8 heteroatoms. The zero-order chi connectivity index (χ0) is 26.2. The van der Waals surface area contributed by atoms with Gasteiger partial charge in [-0.05, 0) is 62.6 Å². The van der Waals surface area contributed by atoms with Crippen molar-refractivity contribution < 1.29 is 24.5 Å². The number of aliphatic hydroxyl groups is 1. The molecule has 0 radical (unpaired) electrons. The first-order chi connectivity index (χ1) is 17.8. The van der Waals surface area contributed by atoms with Crippen molar-refractivity contribution in [2.24, 2.45) is 5.41 Å². The number of hydrogen-bond acceptors (Lipinski definition) is 5. The number of aliphatic carboxylic acids is 1. The number of carbonyl (C=O) groups is 2. The van der Waals surface area contributed by atoms with E-state index < -0.39 is 11.4 Å². The van der Waals surface area contributed by atoms with Gasteiger partial charge in [-0.3, -0.25) is 4.79 Å². The third-order valence-electron chi connectivity index (χ3n) is 8.38. The molecule has 2 heterocycles. The molecular formula is C29H35N3O5. The highest BCUT2D eigenvalue weighted by Gasteiger charge is 2.40. The first-order valence-corrected chi connectivity index (χ1v) is 13.1. The minimum absolute atomic E-state index is 0.0434. The van der Waals surface area contributed by atoms with Crippen molar-refractivity contribution in [3.05, 3.63) is 65.0 Å². The van der Waals surface area contributed by atoms with Crippen molar-refractivity contribution in [2.45, 2.75) is 64.0 Å². The molecule has 37 heavy (non-hydrogen) atoms. The molecule has 5 rings (SSSR count). The predicted molar refractivity (Wildman–Crippen MR) is 139 cm³/mol. The van der Waals surface area contributed by atoms with Gasteiger partial charge in [0, 0.05) is 18.0 Å². The third-order valence-corrected chi connectivity index (χ3v) is 8.38. The summed E-state index contributed by atoms with van der Waals surface area (Å²) in [4.78, 5) is 31.1. The van der Waals surface area contributed by atoms with Crippen LogP contribution in [0.3, 0.4) is 0 Å². The minimum atomic E-state index is -0.742. The van der Waals surface area contributed by atoms with Crippen LogP contribution in [0, 0.1) is 5.41 Å². The molecule has 2 aliphatic rings. The summed E-state index contributed by atoms with van der Waals surface area (Å²) >= 11 is 0. The maximum Gasteiger partial charge on any atom is 0.409 e. The third kappa shape index (κ3) is 4.70. The quantitative estimate of drug-likeness (QED) is 0.504. The fraction of sp³-hybridized carbons (Fsp3) is 0.483. The number of carboxylic acids is 1. The summed E-state index contributed by atoms with van der Waals surface area (Å²) in [6.07, 6.45) is 3.68. The average Bonchev–Trinajstić information content (AvgIpc) is 3.31. The molecule has 2 N–H and O–H groups in total. The second-order valence-electron chi connectivity index (χ2n) is 10.7. The van der Waals surface area contributed by atoms with Gasteiger partial charge in [-0.2, -0.15) is 0 Å². The first kappa shape index (κ1) is 25.3. The summed E-state index contributed by atoms with van der Waals surface area (Å²) in [5.74, 6) is 0.260. The molecule has 2 aromatic carbocycles. The maximum atomic E-state index is 12.3. The molecule has 1 aromatic heterocycles. The van der Waals surface area contributed by atoms with Gasteiger partial charge < -0.3 is 24.4 Å². The van der Waals surface area contributed by atoms with Crippen molar-refractivity contribution in [1.82, 2.24) is 14.5 Å². The molecule has 196 valence electrons. The Hall–Kier alpha value is -3.39. The van der Waals surface area contributed by atoms with E-state index in [1.807, 2.05) is 25.1 Å². The highest BCUT2D eigenvalue weighted by molar-refractivity contribution is 5.82. The number of aliphatic hydroxyl groups excluding tert-OH is 1. The van der Waals surface area contributed by atoms with Gasteiger partial charge in [0.1, 0.15) is 5.82 Å². The number of methoxy groups -OCH3 is 1. The number of nitrogens with zero attached hydrogens (tertiary/aromatic N) is 3. The smallest absolute Gasteiger partial charge is 0.409 e. The molecule has 0 bridgehead atoms. The van der Waals surface area contributed by atoms with Crippen LogP contribution in [-0.2, 0) is 28.9 Å². The Bertz CT molecular complexity index is 1290. The number of carbonyl (C=O) groups excluding carboxylic acids is 1. The molecule has 1 saturated carbocycles. The average molecular weight is 506 g/mol. The Balaban J connectivity index is 1.60. The lowest BCUT2D eigenvalue weighted by molar-refractivity contribution is -0.150. The lowest BCUT2D eigenvalue weighted by Crippen LogP contribution is -2.35. The monoisotopic (exact) mass is 505 g/mol. The van der Waals surface area contributed by atoms with Gasteiger partial charge in [0.15, 0.2) is 0 Å². The molecule has 0 saturated heterocycles. The van der Waals surface area contributed by atoms with Crippen LogP contribution < -0.4 is 0 Å². The van der Waals surface area contributed by atoms with Crippen LogP contribution >= 0.6 is 0 Å². The highest BCUT2D eigenvalue weighted by atomic mass is 16.5. The lowest BCUT2D eigenvalue weighted by Gasteiger charge is -2.34. The molecule has 0 unspecified atom stereocenters. The molecule has 8 nitrogen and oxygen atoms in total. The SMILES string of the molecule is COC(=O)N1CCc2ccc3c(nc([C@H]4CC[C@](C)(C(=O)O)CC4)n3[C@@H](CO)Cc3ccccc3)c2C1.